The van der Waals surface area contributed by atoms with Crippen LogP contribution in [0.1, 0.15) is 13.8 Å². The van der Waals surface area contributed by atoms with Crippen molar-refractivity contribution in [3.63, 3.8) is 0 Å². The summed E-state index contributed by atoms with van der Waals surface area (Å²) in [6.45, 7) is 4.42. The first-order chi connectivity index (χ1) is 8.18. The first-order valence-corrected chi connectivity index (χ1v) is 6.74. The molecule has 0 spiro atoms. The Bertz CT molecular complexity index is 477. The van der Waals surface area contributed by atoms with Crippen molar-refractivity contribution in [2.45, 2.75) is 19.0 Å². The molecule has 1 heterocycles. The summed E-state index contributed by atoms with van der Waals surface area (Å²) in [5.74, 6) is 2.66. The van der Waals surface area contributed by atoms with Gasteiger partial charge in [0.15, 0.2) is 11.0 Å². The summed E-state index contributed by atoms with van der Waals surface area (Å²) >= 11 is 1.76. The highest BCUT2D eigenvalue weighted by molar-refractivity contribution is 7.99. The molecule has 0 fully saturated rings. The van der Waals surface area contributed by atoms with E-state index in [4.69, 9.17) is 0 Å². The topological polar surface area (TPSA) is 30.7 Å². The Morgan fingerprint density at radius 3 is 2.53 bits per heavy atom. The molecule has 0 atom stereocenters. The van der Waals surface area contributed by atoms with Crippen LogP contribution in [0.3, 0.4) is 0 Å². The zero-order valence-corrected chi connectivity index (χ0v) is 11.2. The smallest absolute Gasteiger partial charge is 0.191 e. The molecule has 17 heavy (non-hydrogen) atoms. The van der Waals surface area contributed by atoms with E-state index in [1.165, 1.54) is 0 Å². The summed E-state index contributed by atoms with van der Waals surface area (Å²) in [7, 11) is 2.02. The number of hydrogen-bond donors (Lipinski definition) is 0. The quantitative estimate of drug-likeness (QED) is 0.777. The number of hydrogen-bond acceptors (Lipinski definition) is 3. The molecule has 1 aromatic carbocycles. The highest BCUT2D eigenvalue weighted by Crippen LogP contribution is 2.23. The summed E-state index contributed by atoms with van der Waals surface area (Å²) in [6, 6.07) is 10.2. The van der Waals surface area contributed by atoms with Crippen molar-refractivity contribution >= 4 is 11.8 Å². The predicted octanol–water partition coefficient (Wildman–Crippen LogP) is 3.23. The predicted molar refractivity (Wildman–Crippen MR) is 72.0 cm³/mol. The molecular formula is C13H17N3S. The Kier molecular flexibility index (Phi) is 3.84. The van der Waals surface area contributed by atoms with Gasteiger partial charge in [0.1, 0.15) is 0 Å². The third-order valence-electron chi connectivity index (χ3n) is 2.41. The summed E-state index contributed by atoms with van der Waals surface area (Å²) < 4.78 is 2.06. The van der Waals surface area contributed by atoms with E-state index in [2.05, 4.69) is 40.7 Å². The molecule has 0 aliphatic rings. The molecule has 0 saturated heterocycles. The fourth-order valence-corrected chi connectivity index (χ4v) is 2.38. The number of nitrogens with zero attached hydrogens (tertiary/aromatic N) is 3. The average Bonchev–Trinajstić information content (AvgIpc) is 2.69. The Labute approximate surface area is 106 Å². The summed E-state index contributed by atoms with van der Waals surface area (Å²) in [4.78, 5) is 0. The minimum atomic E-state index is 0.664. The first kappa shape index (κ1) is 12.2. The van der Waals surface area contributed by atoms with E-state index in [-0.39, 0.29) is 0 Å². The van der Waals surface area contributed by atoms with E-state index in [1.807, 2.05) is 25.2 Å². The molecule has 0 N–H and O–H groups in total. The largest absolute Gasteiger partial charge is 0.305 e. The van der Waals surface area contributed by atoms with Gasteiger partial charge in [-0.2, -0.15) is 0 Å². The number of aromatic nitrogens is 3. The molecule has 3 nitrogen and oxygen atoms in total. The molecule has 0 radical (unpaired) electrons. The van der Waals surface area contributed by atoms with Gasteiger partial charge in [-0.1, -0.05) is 55.9 Å². The molecule has 0 unspecified atom stereocenters. The minimum absolute atomic E-state index is 0.664. The van der Waals surface area contributed by atoms with Crippen LogP contribution < -0.4 is 0 Å². The zero-order valence-electron chi connectivity index (χ0n) is 10.4. The molecule has 0 aliphatic heterocycles. The van der Waals surface area contributed by atoms with E-state index in [1.54, 1.807) is 11.8 Å². The molecule has 2 aromatic rings. The van der Waals surface area contributed by atoms with Gasteiger partial charge in [0.05, 0.1) is 0 Å². The van der Waals surface area contributed by atoms with Crippen molar-refractivity contribution < 1.29 is 0 Å². The second kappa shape index (κ2) is 5.36. The van der Waals surface area contributed by atoms with Crippen molar-refractivity contribution in [1.29, 1.82) is 0 Å². The zero-order chi connectivity index (χ0) is 12.3. The molecule has 90 valence electrons. The van der Waals surface area contributed by atoms with Crippen LogP contribution in [-0.4, -0.2) is 20.5 Å². The lowest BCUT2D eigenvalue weighted by atomic mass is 10.2. The maximum absolute atomic E-state index is 4.26. The SMILES string of the molecule is CC(C)CSc1nnc(-c2ccccc2)n1C. The van der Waals surface area contributed by atoms with Crippen LogP contribution >= 0.6 is 11.8 Å². The second-order valence-electron chi connectivity index (χ2n) is 4.44. The van der Waals surface area contributed by atoms with Crippen molar-refractivity contribution in [2.75, 3.05) is 5.75 Å². The summed E-state index contributed by atoms with van der Waals surface area (Å²) in [5, 5.41) is 9.48. The molecule has 0 bridgehead atoms. The Morgan fingerprint density at radius 1 is 1.18 bits per heavy atom. The van der Waals surface area contributed by atoms with Crippen LogP contribution in [0.2, 0.25) is 0 Å². The molecule has 0 amide bonds. The van der Waals surface area contributed by atoms with E-state index in [0.717, 1.165) is 22.3 Å². The van der Waals surface area contributed by atoms with Gasteiger partial charge in [0, 0.05) is 18.4 Å². The number of rotatable bonds is 4. The van der Waals surface area contributed by atoms with Crippen LogP contribution in [0, 0.1) is 5.92 Å². The van der Waals surface area contributed by atoms with Gasteiger partial charge in [0.25, 0.3) is 0 Å². The second-order valence-corrected chi connectivity index (χ2v) is 5.42. The average molecular weight is 247 g/mol. The van der Waals surface area contributed by atoms with E-state index >= 15 is 0 Å². The molecule has 1 aromatic heterocycles. The van der Waals surface area contributed by atoms with Gasteiger partial charge in [-0.3, -0.25) is 0 Å². The highest BCUT2D eigenvalue weighted by atomic mass is 32.2. The normalized spacial score (nSPS) is 11.1. The summed E-state index contributed by atoms with van der Waals surface area (Å²) in [5.41, 5.74) is 1.11. The maximum atomic E-state index is 4.26. The molecule has 0 aliphatic carbocycles. The Hall–Kier alpha value is -1.29. The Morgan fingerprint density at radius 2 is 1.88 bits per heavy atom. The Balaban J connectivity index is 2.21. The fraction of sp³-hybridized carbons (Fsp3) is 0.385. The third kappa shape index (κ3) is 2.88. The lowest BCUT2D eigenvalue weighted by Gasteiger charge is -2.05. The van der Waals surface area contributed by atoms with Gasteiger partial charge in [-0.25, -0.2) is 0 Å². The van der Waals surface area contributed by atoms with Crippen LogP contribution in [0.4, 0.5) is 0 Å². The molecule has 0 saturated carbocycles. The van der Waals surface area contributed by atoms with Crippen molar-refractivity contribution in [3.8, 4) is 11.4 Å². The fourth-order valence-electron chi connectivity index (χ4n) is 1.52. The van der Waals surface area contributed by atoms with Crippen molar-refractivity contribution in [3.05, 3.63) is 30.3 Å². The highest BCUT2D eigenvalue weighted by Gasteiger charge is 2.10. The van der Waals surface area contributed by atoms with E-state index < -0.39 is 0 Å². The van der Waals surface area contributed by atoms with E-state index in [9.17, 15) is 0 Å². The number of thioether (sulfide) groups is 1. The van der Waals surface area contributed by atoms with Gasteiger partial charge < -0.3 is 4.57 Å². The van der Waals surface area contributed by atoms with Gasteiger partial charge in [0.2, 0.25) is 0 Å². The van der Waals surface area contributed by atoms with Crippen molar-refractivity contribution in [2.24, 2.45) is 13.0 Å². The maximum Gasteiger partial charge on any atom is 0.191 e. The minimum Gasteiger partial charge on any atom is -0.305 e. The third-order valence-corrected chi connectivity index (χ3v) is 3.86. The molecular weight excluding hydrogens is 230 g/mol. The van der Waals surface area contributed by atoms with Gasteiger partial charge in [-0.05, 0) is 5.92 Å². The van der Waals surface area contributed by atoms with Crippen LogP contribution in [0.5, 0.6) is 0 Å². The first-order valence-electron chi connectivity index (χ1n) is 5.76. The van der Waals surface area contributed by atoms with Gasteiger partial charge in [-0.15, -0.1) is 10.2 Å². The van der Waals surface area contributed by atoms with Crippen LogP contribution in [0.25, 0.3) is 11.4 Å². The number of benzene rings is 1. The molecule has 4 heteroatoms. The lowest BCUT2D eigenvalue weighted by Crippen LogP contribution is -1.97. The summed E-state index contributed by atoms with van der Waals surface area (Å²) in [6.07, 6.45) is 0. The van der Waals surface area contributed by atoms with Crippen LogP contribution in [0.15, 0.2) is 35.5 Å². The van der Waals surface area contributed by atoms with E-state index in [0.29, 0.717) is 5.92 Å². The van der Waals surface area contributed by atoms with Crippen molar-refractivity contribution in [1.82, 2.24) is 14.8 Å². The molecule has 2 rings (SSSR count). The van der Waals surface area contributed by atoms with Gasteiger partial charge >= 0.3 is 0 Å². The lowest BCUT2D eigenvalue weighted by molar-refractivity contribution is 0.739. The monoisotopic (exact) mass is 247 g/mol. The standard InChI is InChI=1S/C13H17N3S/c1-10(2)9-17-13-15-14-12(16(13)3)11-7-5-4-6-8-11/h4-8,10H,9H2,1-3H3. The van der Waals surface area contributed by atoms with Crippen LogP contribution in [-0.2, 0) is 7.05 Å².